The van der Waals surface area contributed by atoms with Gasteiger partial charge in [0.15, 0.2) is 9.84 Å². The van der Waals surface area contributed by atoms with Crippen molar-refractivity contribution in [2.24, 2.45) is 0 Å². The summed E-state index contributed by atoms with van der Waals surface area (Å²) in [5.41, 5.74) is 1.24. The van der Waals surface area contributed by atoms with Gasteiger partial charge in [-0.2, -0.15) is 0 Å². The van der Waals surface area contributed by atoms with Crippen LogP contribution in [-0.2, 0) is 32.3 Å². The molecule has 0 unspecified atom stereocenters. The van der Waals surface area contributed by atoms with E-state index >= 15 is 0 Å². The summed E-state index contributed by atoms with van der Waals surface area (Å²) in [6.45, 7) is 3.39. The Kier molecular flexibility index (Phi) is 6.89. The van der Waals surface area contributed by atoms with Crippen molar-refractivity contribution in [3.8, 4) is 0 Å². The lowest BCUT2D eigenvalue weighted by atomic mass is 10.0. The third kappa shape index (κ3) is 5.05. The van der Waals surface area contributed by atoms with E-state index in [0.717, 1.165) is 29.1 Å². The fourth-order valence-electron chi connectivity index (χ4n) is 3.21. The van der Waals surface area contributed by atoms with Gasteiger partial charge in [0.1, 0.15) is 10.8 Å². The van der Waals surface area contributed by atoms with E-state index in [4.69, 9.17) is 4.74 Å². The molecule has 0 spiro atoms. The first-order chi connectivity index (χ1) is 14.2. The second-order valence-corrected chi connectivity index (χ2v) is 10.2. The first-order valence-electron chi connectivity index (χ1n) is 9.49. The summed E-state index contributed by atoms with van der Waals surface area (Å²) in [4.78, 5) is 28.0. The number of benzene rings is 1. The predicted molar refractivity (Wildman–Crippen MR) is 112 cm³/mol. The van der Waals surface area contributed by atoms with Crippen molar-refractivity contribution < 1.29 is 27.1 Å². The van der Waals surface area contributed by atoms with Crippen LogP contribution in [0.3, 0.4) is 0 Å². The van der Waals surface area contributed by atoms with Gasteiger partial charge in [0.2, 0.25) is 5.91 Å². The molecule has 1 amide bonds. The van der Waals surface area contributed by atoms with Crippen molar-refractivity contribution in [1.29, 1.82) is 0 Å². The van der Waals surface area contributed by atoms with Crippen molar-refractivity contribution in [2.75, 3.05) is 31.3 Å². The number of carbonyl (C=O) groups excluding carboxylic acids is 2. The number of amides is 1. The van der Waals surface area contributed by atoms with E-state index in [2.05, 4.69) is 10.2 Å². The molecular weight excluding hydrogens is 431 g/mol. The standard InChI is InChI=1S/C20H23FN2O5S2/c1-3-28-20(25)18-15-8-10-23(2)12-16(15)29-19(18)22-17(24)9-11-30(26,27)14-6-4-13(21)5-7-14/h4-7H,3,8-12H2,1-2H3,(H,22,24). The SMILES string of the molecule is CCOC(=O)c1c(NC(=O)CCS(=O)(=O)c2ccc(F)cc2)sc2c1CCN(C)C2. The maximum atomic E-state index is 13.0. The predicted octanol–water partition coefficient (Wildman–Crippen LogP) is 2.85. The number of thiophene rings is 1. The average molecular weight is 455 g/mol. The van der Waals surface area contributed by atoms with Crippen LogP contribution in [0.25, 0.3) is 0 Å². The van der Waals surface area contributed by atoms with Crippen LogP contribution < -0.4 is 5.32 Å². The Morgan fingerprint density at radius 1 is 1.27 bits per heavy atom. The first-order valence-corrected chi connectivity index (χ1v) is 12.0. The highest BCUT2D eigenvalue weighted by molar-refractivity contribution is 7.91. The molecule has 0 atom stereocenters. The molecule has 0 bridgehead atoms. The Bertz CT molecular complexity index is 1050. The molecule has 0 saturated heterocycles. The molecule has 0 fully saturated rings. The highest BCUT2D eigenvalue weighted by Crippen LogP contribution is 2.37. The topological polar surface area (TPSA) is 92.8 Å². The molecule has 2 heterocycles. The van der Waals surface area contributed by atoms with Crippen LogP contribution >= 0.6 is 11.3 Å². The Morgan fingerprint density at radius 2 is 1.97 bits per heavy atom. The molecule has 1 aromatic heterocycles. The third-order valence-electron chi connectivity index (χ3n) is 4.75. The molecule has 1 N–H and O–H groups in total. The molecular formula is C20H23FN2O5S2. The van der Waals surface area contributed by atoms with E-state index in [9.17, 15) is 22.4 Å². The van der Waals surface area contributed by atoms with Gasteiger partial charge in [-0.05, 0) is 50.2 Å². The smallest absolute Gasteiger partial charge is 0.341 e. The summed E-state index contributed by atoms with van der Waals surface area (Å²) in [6, 6.07) is 4.47. The zero-order chi connectivity index (χ0) is 21.9. The lowest BCUT2D eigenvalue weighted by molar-refractivity contribution is -0.115. The molecule has 7 nitrogen and oxygen atoms in total. The second-order valence-electron chi connectivity index (χ2n) is 6.99. The number of hydrogen-bond acceptors (Lipinski definition) is 7. The van der Waals surface area contributed by atoms with Crippen molar-refractivity contribution in [2.45, 2.75) is 31.2 Å². The zero-order valence-electron chi connectivity index (χ0n) is 16.7. The van der Waals surface area contributed by atoms with Crippen LogP contribution in [0.1, 0.15) is 34.1 Å². The number of rotatable bonds is 7. The highest BCUT2D eigenvalue weighted by Gasteiger charge is 2.29. The van der Waals surface area contributed by atoms with Crippen LogP contribution in [0.4, 0.5) is 9.39 Å². The van der Waals surface area contributed by atoms with Gasteiger partial charge >= 0.3 is 5.97 Å². The van der Waals surface area contributed by atoms with E-state index in [1.807, 2.05) is 7.05 Å². The minimum atomic E-state index is -3.73. The highest BCUT2D eigenvalue weighted by atomic mass is 32.2. The van der Waals surface area contributed by atoms with Crippen molar-refractivity contribution in [3.05, 3.63) is 46.1 Å². The minimum Gasteiger partial charge on any atom is -0.462 e. The number of carbonyl (C=O) groups is 2. The largest absolute Gasteiger partial charge is 0.462 e. The average Bonchev–Trinajstić information content (AvgIpc) is 3.03. The zero-order valence-corrected chi connectivity index (χ0v) is 18.4. The van der Waals surface area contributed by atoms with Crippen LogP contribution in [0.5, 0.6) is 0 Å². The van der Waals surface area contributed by atoms with Gasteiger partial charge in [-0.3, -0.25) is 4.79 Å². The molecule has 0 aliphatic carbocycles. The number of fused-ring (bicyclic) bond motifs is 1. The second kappa shape index (κ2) is 9.23. The number of anilines is 1. The van der Waals surface area contributed by atoms with Crippen molar-refractivity contribution in [3.63, 3.8) is 0 Å². The van der Waals surface area contributed by atoms with E-state index < -0.39 is 33.3 Å². The number of likely N-dealkylation sites (N-methyl/N-ethyl adjacent to an activating group) is 1. The van der Waals surface area contributed by atoms with Gasteiger partial charge in [0, 0.05) is 24.4 Å². The van der Waals surface area contributed by atoms with E-state index in [1.54, 1.807) is 6.92 Å². The van der Waals surface area contributed by atoms with Crippen molar-refractivity contribution in [1.82, 2.24) is 4.90 Å². The molecule has 1 aliphatic rings. The van der Waals surface area contributed by atoms with E-state index in [-0.39, 0.29) is 17.9 Å². The number of nitrogens with zero attached hydrogens (tertiary/aromatic N) is 1. The maximum Gasteiger partial charge on any atom is 0.341 e. The fraction of sp³-hybridized carbons (Fsp3) is 0.400. The van der Waals surface area contributed by atoms with Crippen LogP contribution in [0, 0.1) is 5.82 Å². The summed E-state index contributed by atoms with van der Waals surface area (Å²) in [6.07, 6.45) is 0.385. The normalized spacial score (nSPS) is 14.2. The number of hydrogen-bond donors (Lipinski definition) is 1. The Labute approximate surface area is 178 Å². The molecule has 2 aromatic rings. The summed E-state index contributed by atoms with van der Waals surface area (Å²) in [5, 5.41) is 3.08. The van der Waals surface area contributed by atoms with Crippen LogP contribution in [0.15, 0.2) is 29.2 Å². The number of sulfone groups is 1. The summed E-state index contributed by atoms with van der Waals surface area (Å²) in [7, 11) is -1.75. The first kappa shape index (κ1) is 22.4. The lowest BCUT2D eigenvalue weighted by Gasteiger charge is -2.22. The fourth-order valence-corrected chi connectivity index (χ4v) is 5.79. The minimum absolute atomic E-state index is 0.0430. The molecule has 0 saturated carbocycles. The Morgan fingerprint density at radius 3 is 2.63 bits per heavy atom. The summed E-state index contributed by atoms with van der Waals surface area (Å²) < 4.78 is 42.9. The van der Waals surface area contributed by atoms with E-state index in [1.165, 1.54) is 23.5 Å². The van der Waals surface area contributed by atoms with Gasteiger partial charge in [-0.15, -0.1) is 11.3 Å². The Balaban J connectivity index is 1.74. The molecule has 0 radical (unpaired) electrons. The monoisotopic (exact) mass is 454 g/mol. The number of ether oxygens (including phenoxy) is 1. The van der Waals surface area contributed by atoms with Gasteiger partial charge in [0.25, 0.3) is 0 Å². The van der Waals surface area contributed by atoms with Crippen LogP contribution in [0.2, 0.25) is 0 Å². The molecule has 1 aromatic carbocycles. The van der Waals surface area contributed by atoms with Crippen molar-refractivity contribution >= 4 is 38.1 Å². The van der Waals surface area contributed by atoms with Gasteiger partial charge < -0.3 is 15.0 Å². The molecule has 30 heavy (non-hydrogen) atoms. The van der Waals surface area contributed by atoms with Gasteiger partial charge in [-0.25, -0.2) is 17.6 Å². The maximum absolute atomic E-state index is 13.0. The molecule has 162 valence electrons. The van der Waals surface area contributed by atoms with E-state index in [0.29, 0.717) is 23.5 Å². The number of halogens is 1. The summed E-state index contributed by atoms with van der Waals surface area (Å²) in [5.74, 6) is -1.97. The quantitative estimate of drug-likeness (QED) is 0.511. The molecule has 1 aliphatic heterocycles. The number of esters is 1. The summed E-state index contributed by atoms with van der Waals surface area (Å²) >= 11 is 1.31. The lowest BCUT2D eigenvalue weighted by Crippen LogP contribution is -2.26. The van der Waals surface area contributed by atoms with Gasteiger partial charge in [0.05, 0.1) is 22.8 Å². The Hall–Kier alpha value is -2.30. The molecule has 10 heteroatoms. The third-order valence-corrected chi connectivity index (χ3v) is 7.62. The number of nitrogens with one attached hydrogen (secondary N) is 1. The molecule has 3 rings (SSSR count). The van der Waals surface area contributed by atoms with Gasteiger partial charge in [-0.1, -0.05) is 0 Å². The van der Waals surface area contributed by atoms with Crippen LogP contribution in [-0.4, -0.2) is 51.1 Å².